The molecule has 0 aliphatic carbocycles. The lowest BCUT2D eigenvalue weighted by atomic mass is 10.0. The van der Waals surface area contributed by atoms with Crippen molar-refractivity contribution in [3.8, 4) is 0 Å². The number of nitrogens with zero attached hydrogens (tertiary/aromatic N) is 1. The number of hydrogen-bond donors (Lipinski definition) is 0. The van der Waals surface area contributed by atoms with Gasteiger partial charge in [0.05, 0.1) is 27.1 Å². The molecule has 2 nitrogen and oxygen atoms in total. The van der Waals surface area contributed by atoms with Gasteiger partial charge in [-0.1, -0.05) is 168 Å². The summed E-state index contributed by atoms with van der Waals surface area (Å²) in [4.78, 5) is 12.7. The maximum atomic E-state index is 12.7. The molecule has 0 saturated heterocycles. The van der Waals surface area contributed by atoms with E-state index in [-0.39, 0.29) is 12.4 Å². The fraction of sp³-hybridized carbons (Fsp3) is 0.971. The number of carbonyl (C=O) groups is 1. The lowest BCUT2D eigenvalue weighted by Gasteiger charge is -2.27. The molecule has 0 unspecified atom stereocenters. The molecule has 3 heteroatoms. The van der Waals surface area contributed by atoms with Crippen molar-refractivity contribution in [1.29, 1.82) is 0 Å². The third-order valence-corrected chi connectivity index (χ3v) is 8.24. The van der Waals surface area contributed by atoms with E-state index in [4.69, 9.17) is 0 Å². The van der Waals surface area contributed by atoms with Gasteiger partial charge in [0.15, 0.2) is 0 Å². The number of quaternary nitrogens is 1. The molecule has 0 rings (SSSR count). The quantitative estimate of drug-likeness (QED) is 0.0681. The summed E-state index contributed by atoms with van der Waals surface area (Å²) in [7, 11) is 4.26. The third-order valence-electron chi connectivity index (χ3n) is 8.24. The summed E-state index contributed by atoms with van der Waals surface area (Å²) in [5, 5.41) is 0. The van der Waals surface area contributed by atoms with Crippen LogP contribution in [0, 0.1) is 0 Å². The predicted molar refractivity (Wildman–Crippen MR) is 163 cm³/mol. The van der Waals surface area contributed by atoms with Crippen LogP contribution in [0.1, 0.15) is 194 Å². The molecule has 0 aromatic heterocycles. The zero-order chi connectivity index (χ0) is 26.6. The van der Waals surface area contributed by atoms with Crippen LogP contribution in [0.25, 0.3) is 0 Å². The second kappa shape index (κ2) is 30.5. The molecule has 0 aromatic carbocycles. The average Bonchev–Trinajstić information content (AvgIpc) is 2.86. The van der Waals surface area contributed by atoms with E-state index in [0.29, 0.717) is 10.4 Å². The van der Waals surface area contributed by atoms with E-state index in [0.717, 1.165) is 19.4 Å². The van der Waals surface area contributed by atoms with Crippen molar-refractivity contribution < 1.29 is 21.7 Å². The Kier molecular flexibility index (Phi) is 32.2. The van der Waals surface area contributed by atoms with Crippen molar-refractivity contribution in [3.63, 3.8) is 0 Å². The topological polar surface area (TPSA) is 17.1 Å². The fourth-order valence-electron chi connectivity index (χ4n) is 5.42. The van der Waals surface area contributed by atoms with E-state index >= 15 is 0 Å². The number of unbranched alkanes of at least 4 members (excludes halogenated alkanes) is 25. The van der Waals surface area contributed by atoms with Crippen LogP contribution in [0.3, 0.4) is 0 Å². The van der Waals surface area contributed by atoms with Crippen molar-refractivity contribution in [3.05, 3.63) is 0 Å². The van der Waals surface area contributed by atoms with Crippen molar-refractivity contribution in [2.45, 2.75) is 194 Å². The standard InChI is InChI=1S/C34H70NO.ClH/c1-5-7-9-11-13-15-17-19-21-23-25-27-29-31-33-35(3,4)34(36)32-30-28-26-24-22-20-18-16-14-12-10-8-6-2;/h5-33H2,1-4H3;1H/q+1;/p-1. The minimum atomic E-state index is 0. The van der Waals surface area contributed by atoms with E-state index in [2.05, 4.69) is 27.9 Å². The second-order valence-electron chi connectivity index (χ2n) is 12.4. The monoisotopic (exact) mass is 544 g/mol. The molecule has 0 spiro atoms. The molecule has 0 heterocycles. The van der Waals surface area contributed by atoms with E-state index in [1.165, 1.54) is 167 Å². The van der Waals surface area contributed by atoms with Crippen molar-refractivity contribution in [1.82, 2.24) is 0 Å². The molecule has 37 heavy (non-hydrogen) atoms. The molecule has 0 bridgehead atoms. The van der Waals surface area contributed by atoms with Gasteiger partial charge in [-0.25, -0.2) is 4.79 Å². The van der Waals surface area contributed by atoms with Crippen LogP contribution in [0.15, 0.2) is 0 Å². The summed E-state index contributed by atoms with van der Waals surface area (Å²) in [6, 6.07) is 0. The van der Waals surface area contributed by atoms with Crippen LogP contribution in [0.4, 0.5) is 0 Å². The molecule has 0 aromatic rings. The Labute approximate surface area is 241 Å². The Bertz CT molecular complexity index is 451. The van der Waals surface area contributed by atoms with E-state index in [1.807, 2.05) is 0 Å². The first-order chi connectivity index (χ1) is 17.5. The normalized spacial score (nSPS) is 11.6. The Morgan fingerprint density at radius 3 is 0.946 bits per heavy atom. The smallest absolute Gasteiger partial charge is 0.313 e. The zero-order valence-electron chi connectivity index (χ0n) is 26.2. The zero-order valence-corrected chi connectivity index (χ0v) is 27.0. The van der Waals surface area contributed by atoms with Gasteiger partial charge in [-0.15, -0.1) is 0 Å². The minimum Gasteiger partial charge on any atom is -1.00 e. The summed E-state index contributed by atoms with van der Waals surface area (Å²) < 4.78 is 0.594. The van der Waals surface area contributed by atoms with Crippen LogP contribution in [-0.2, 0) is 4.79 Å². The van der Waals surface area contributed by atoms with Gasteiger partial charge in [-0.3, -0.25) is 4.48 Å². The van der Waals surface area contributed by atoms with E-state index in [9.17, 15) is 4.79 Å². The summed E-state index contributed by atoms with van der Waals surface area (Å²) in [6.45, 7) is 5.60. The van der Waals surface area contributed by atoms with Gasteiger partial charge in [0.2, 0.25) is 0 Å². The fourth-order valence-corrected chi connectivity index (χ4v) is 5.42. The molecule has 0 radical (unpaired) electrons. The Hall–Kier alpha value is -0.0800. The molecular weight excluding hydrogens is 474 g/mol. The van der Waals surface area contributed by atoms with Crippen LogP contribution < -0.4 is 12.4 Å². The van der Waals surface area contributed by atoms with Gasteiger partial charge in [0.1, 0.15) is 0 Å². The van der Waals surface area contributed by atoms with Crippen molar-refractivity contribution >= 4 is 5.91 Å². The van der Waals surface area contributed by atoms with Crippen LogP contribution in [-0.4, -0.2) is 31.0 Å². The molecule has 0 aliphatic heterocycles. The molecule has 1 amide bonds. The maximum absolute atomic E-state index is 12.7. The SMILES string of the molecule is CCCCCCCCCCCCCCCC[N+](C)(C)C(=O)CCCCCCCCCCCCCCC.[Cl-]. The Morgan fingerprint density at radius 2 is 0.649 bits per heavy atom. The number of rotatable bonds is 29. The van der Waals surface area contributed by atoms with Gasteiger partial charge in [-0.2, -0.15) is 0 Å². The molecule has 0 saturated carbocycles. The van der Waals surface area contributed by atoms with Crippen molar-refractivity contribution in [2.75, 3.05) is 20.6 Å². The van der Waals surface area contributed by atoms with Gasteiger partial charge in [0, 0.05) is 0 Å². The first kappa shape index (κ1) is 39.1. The lowest BCUT2D eigenvalue weighted by Crippen LogP contribution is -3.00. The predicted octanol–water partition coefficient (Wildman–Crippen LogP) is 8.56. The summed E-state index contributed by atoms with van der Waals surface area (Å²) in [6.07, 6.45) is 38.0. The molecular formula is C34H70ClNO. The highest BCUT2D eigenvalue weighted by atomic mass is 35.5. The number of carbonyl (C=O) groups excluding carboxylic acids is 1. The Balaban J connectivity index is 0. The summed E-state index contributed by atoms with van der Waals surface area (Å²) in [5.74, 6) is 0.452. The van der Waals surface area contributed by atoms with Crippen LogP contribution in [0.5, 0.6) is 0 Å². The number of hydrogen-bond acceptors (Lipinski definition) is 1. The number of halogens is 1. The summed E-state index contributed by atoms with van der Waals surface area (Å²) in [5.41, 5.74) is 0. The lowest BCUT2D eigenvalue weighted by molar-refractivity contribution is -0.814. The molecule has 0 atom stereocenters. The van der Waals surface area contributed by atoms with Gasteiger partial charge < -0.3 is 12.4 Å². The molecule has 0 aliphatic rings. The van der Waals surface area contributed by atoms with E-state index < -0.39 is 0 Å². The third kappa shape index (κ3) is 28.7. The minimum absolute atomic E-state index is 0. The van der Waals surface area contributed by atoms with E-state index in [1.54, 1.807) is 0 Å². The maximum Gasteiger partial charge on any atom is 0.313 e. The number of amides is 1. The van der Waals surface area contributed by atoms with Gasteiger partial charge in [-0.05, 0) is 19.3 Å². The first-order valence-electron chi connectivity index (χ1n) is 16.9. The van der Waals surface area contributed by atoms with Gasteiger partial charge >= 0.3 is 5.91 Å². The summed E-state index contributed by atoms with van der Waals surface area (Å²) >= 11 is 0. The van der Waals surface area contributed by atoms with Gasteiger partial charge in [0.25, 0.3) is 0 Å². The van der Waals surface area contributed by atoms with Crippen molar-refractivity contribution in [2.24, 2.45) is 0 Å². The second-order valence-corrected chi connectivity index (χ2v) is 12.4. The Morgan fingerprint density at radius 1 is 0.405 bits per heavy atom. The van der Waals surface area contributed by atoms with Crippen LogP contribution >= 0.6 is 0 Å². The largest absolute Gasteiger partial charge is 1.00 e. The van der Waals surface area contributed by atoms with Crippen LogP contribution in [0.2, 0.25) is 0 Å². The highest BCUT2D eigenvalue weighted by molar-refractivity contribution is 5.68. The molecule has 0 fully saturated rings. The highest BCUT2D eigenvalue weighted by Gasteiger charge is 2.24. The molecule has 0 N–H and O–H groups in total. The highest BCUT2D eigenvalue weighted by Crippen LogP contribution is 2.16. The first-order valence-corrected chi connectivity index (χ1v) is 16.9. The molecule has 224 valence electrons. The average molecular weight is 544 g/mol.